The second-order valence-corrected chi connectivity index (χ2v) is 4.74. The van der Waals surface area contributed by atoms with Gasteiger partial charge in [0.1, 0.15) is 18.1 Å². The second-order valence-electron chi connectivity index (χ2n) is 3.89. The van der Waals surface area contributed by atoms with E-state index in [1.165, 1.54) is 0 Å². The topological polar surface area (TPSA) is 48.4 Å². The number of methoxy groups -OCH3 is 1. The maximum atomic E-state index is 5.91. The van der Waals surface area contributed by atoms with Gasteiger partial charge in [-0.2, -0.15) is 0 Å². The lowest BCUT2D eigenvalue weighted by Crippen LogP contribution is -1.91. The summed E-state index contributed by atoms with van der Waals surface area (Å²) >= 11 is 3.52. The molecule has 1 aromatic carbocycles. The summed E-state index contributed by atoms with van der Waals surface area (Å²) in [5, 5.41) is 0. The smallest absolute Gasteiger partial charge is 0.135 e. The molecule has 17 heavy (non-hydrogen) atoms. The average Bonchev–Trinajstić information content (AvgIpc) is 2.72. The highest BCUT2D eigenvalue weighted by Gasteiger charge is 2.10. The minimum atomic E-state index is 0.471. The van der Waals surface area contributed by atoms with Crippen LogP contribution in [0.15, 0.2) is 33.2 Å². The zero-order chi connectivity index (χ0) is 12.4. The van der Waals surface area contributed by atoms with Crippen LogP contribution < -0.4 is 5.73 Å². The molecule has 3 nitrogen and oxygen atoms in total. The molecule has 0 unspecified atom stereocenters. The normalized spacial score (nSPS) is 10.8. The van der Waals surface area contributed by atoms with Gasteiger partial charge in [0.25, 0.3) is 0 Å². The standard InChI is InChI=1S/C13H14BrNO2/c1-8-5-11(14)10(6-12(8)15)13-4-3-9(17-13)7-16-2/h3-6H,7,15H2,1-2H3. The average molecular weight is 296 g/mol. The number of rotatable bonds is 3. The number of anilines is 1. The molecule has 0 aliphatic rings. The molecular weight excluding hydrogens is 282 g/mol. The highest BCUT2D eigenvalue weighted by Crippen LogP contribution is 2.33. The summed E-state index contributed by atoms with van der Waals surface area (Å²) in [5.74, 6) is 1.59. The van der Waals surface area contributed by atoms with E-state index in [9.17, 15) is 0 Å². The maximum absolute atomic E-state index is 5.91. The van der Waals surface area contributed by atoms with E-state index in [-0.39, 0.29) is 0 Å². The largest absolute Gasteiger partial charge is 0.459 e. The highest BCUT2D eigenvalue weighted by molar-refractivity contribution is 9.10. The Morgan fingerprint density at radius 3 is 2.82 bits per heavy atom. The first kappa shape index (κ1) is 12.2. The van der Waals surface area contributed by atoms with Gasteiger partial charge in [-0.05, 0) is 36.8 Å². The molecular formula is C13H14BrNO2. The Kier molecular flexibility index (Phi) is 3.54. The van der Waals surface area contributed by atoms with Gasteiger partial charge in [-0.3, -0.25) is 0 Å². The van der Waals surface area contributed by atoms with Crippen molar-refractivity contribution >= 4 is 21.6 Å². The van der Waals surface area contributed by atoms with Crippen LogP contribution in [0.2, 0.25) is 0 Å². The lowest BCUT2D eigenvalue weighted by atomic mass is 10.1. The molecule has 0 radical (unpaired) electrons. The predicted octanol–water partition coefficient (Wildman–Crippen LogP) is 3.75. The van der Waals surface area contributed by atoms with Gasteiger partial charge in [-0.1, -0.05) is 15.9 Å². The lowest BCUT2D eigenvalue weighted by molar-refractivity contribution is 0.165. The van der Waals surface area contributed by atoms with Crippen molar-refractivity contribution < 1.29 is 9.15 Å². The monoisotopic (exact) mass is 295 g/mol. The van der Waals surface area contributed by atoms with Gasteiger partial charge in [-0.15, -0.1) is 0 Å². The fraction of sp³-hybridized carbons (Fsp3) is 0.231. The Bertz CT molecular complexity index is 534. The Morgan fingerprint density at radius 1 is 1.35 bits per heavy atom. The zero-order valence-electron chi connectivity index (χ0n) is 9.79. The van der Waals surface area contributed by atoms with Crippen molar-refractivity contribution in [2.24, 2.45) is 0 Å². The summed E-state index contributed by atoms with van der Waals surface area (Å²) in [6.07, 6.45) is 0. The van der Waals surface area contributed by atoms with Crippen LogP contribution >= 0.6 is 15.9 Å². The number of hydrogen-bond donors (Lipinski definition) is 1. The van der Waals surface area contributed by atoms with Crippen LogP contribution in [-0.4, -0.2) is 7.11 Å². The number of benzene rings is 1. The third-order valence-electron chi connectivity index (χ3n) is 2.57. The van der Waals surface area contributed by atoms with Crippen LogP contribution in [0.3, 0.4) is 0 Å². The van der Waals surface area contributed by atoms with Crippen molar-refractivity contribution in [2.75, 3.05) is 12.8 Å². The second kappa shape index (κ2) is 4.94. The fourth-order valence-electron chi connectivity index (χ4n) is 1.62. The number of nitrogens with two attached hydrogens (primary N) is 1. The molecule has 2 aromatic rings. The Morgan fingerprint density at radius 2 is 2.12 bits per heavy atom. The first-order valence-electron chi connectivity index (χ1n) is 5.25. The van der Waals surface area contributed by atoms with Crippen LogP contribution in [0.4, 0.5) is 5.69 Å². The van der Waals surface area contributed by atoms with Crippen LogP contribution in [0.25, 0.3) is 11.3 Å². The van der Waals surface area contributed by atoms with Crippen LogP contribution in [-0.2, 0) is 11.3 Å². The molecule has 0 fully saturated rings. The summed E-state index contributed by atoms with van der Waals surface area (Å²) < 4.78 is 11.7. The lowest BCUT2D eigenvalue weighted by Gasteiger charge is -2.06. The molecule has 0 bridgehead atoms. The Hall–Kier alpha value is -1.26. The van der Waals surface area contributed by atoms with Gasteiger partial charge in [-0.25, -0.2) is 0 Å². The van der Waals surface area contributed by atoms with Gasteiger partial charge < -0.3 is 14.9 Å². The van der Waals surface area contributed by atoms with E-state index in [1.807, 2.05) is 31.2 Å². The third kappa shape index (κ3) is 2.53. The van der Waals surface area contributed by atoms with Crippen molar-refractivity contribution in [3.8, 4) is 11.3 Å². The van der Waals surface area contributed by atoms with Gasteiger partial charge in [0.15, 0.2) is 0 Å². The van der Waals surface area contributed by atoms with Crippen LogP contribution in [0, 0.1) is 6.92 Å². The summed E-state index contributed by atoms with van der Waals surface area (Å²) in [4.78, 5) is 0. The van der Waals surface area contributed by atoms with Crippen LogP contribution in [0.5, 0.6) is 0 Å². The number of aryl methyl sites for hydroxylation is 1. The molecule has 4 heteroatoms. The van der Waals surface area contributed by atoms with Crippen molar-refractivity contribution in [3.05, 3.63) is 40.1 Å². The molecule has 0 amide bonds. The minimum Gasteiger partial charge on any atom is -0.459 e. The van der Waals surface area contributed by atoms with Crippen LogP contribution in [0.1, 0.15) is 11.3 Å². The molecule has 1 aromatic heterocycles. The van der Waals surface area contributed by atoms with Gasteiger partial charge in [0.05, 0.1) is 0 Å². The molecule has 0 saturated heterocycles. The summed E-state index contributed by atoms with van der Waals surface area (Å²) in [6, 6.07) is 7.72. The molecule has 2 rings (SSSR count). The first-order valence-corrected chi connectivity index (χ1v) is 6.04. The summed E-state index contributed by atoms with van der Waals surface area (Å²) in [5.41, 5.74) is 8.66. The van der Waals surface area contributed by atoms with Crippen molar-refractivity contribution in [2.45, 2.75) is 13.5 Å². The molecule has 0 atom stereocenters. The number of hydrogen-bond acceptors (Lipinski definition) is 3. The molecule has 0 aliphatic carbocycles. The Labute approximate surface area is 109 Å². The summed E-state index contributed by atoms with van der Waals surface area (Å²) in [6.45, 7) is 2.45. The number of furan rings is 1. The molecule has 1 heterocycles. The van der Waals surface area contributed by atoms with Gasteiger partial charge >= 0.3 is 0 Å². The maximum Gasteiger partial charge on any atom is 0.135 e. The number of nitrogen functional groups attached to an aromatic ring is 1. The molecule has 0 saturated carbocycles. The SMILES string of the molecule is COCc1ccc(-c2cc(N)c(C)cc2Br)o1. The zero-order valence-corrected chi connectivity index (χ0v) is 11.4. The summed E-state index contributed by atoms with van der Waals surface area (Å²) in [7, 11) is 1.64. The van der Waals surface area contributed by atoms with Gasteiger partial charge in [0.2, 0.25) is 0 Å². The van der Waals surface area contributed by atoms with Gasteiger partial charge in [0, 0.05) is 22.8 Å². The molecule has 90 valence electrons. The number of ether oxygens (including phenoxy) is 1. The van der Waals surface area contributed by atoms with Crippen molar-refractivity contribution in [1.82, 2.24) is 0 Å². The third-order valence-corrected chi connectivity index (χ3v) is 3.23. The number of halogens is 1. The predicted molar refractivity (Wildman–Crippen MR) is 71.7 cm³/mol. The fourth-order valence-corrected chi connectivity index (χ4v) is 2.27. The van der Waals surface area contributed by atoms with E-state index in [1.54, 1.807) is 7.11 Å². The van der Waals surface area contributed by atoms with E-state index in [4.69, 9.17) is 14.9 Å². The molecule has 0 aliphatic heterocycles. The Balaban J connectivity index is 2.41. The van der Waals surface area contributed by atoms with E-state index in [0.717, 1.165) is 32.8 Å². The minimum absolute atomic E-state index is 0.471. The first-order chi connectivity index (χ1) is 8.11. The molecule has 0 spiro atoms. The van der Waals surface area contributed by atoms with E-state index in [0.29, 0.717) is 6.61 Å². The quantitative estimate of drug-likeness (QED) is 0.878. The van der Waals surface area contributed by atoms with Crippen molar-refractivity contribution in [3.63, 3.8) is 0 Å². The van der Waals surface area contributed by atoms with E-state index in [2.05, 4.69) is 15.9 Å². The highest BCUT2D eigenvalue weighted by atomic mass is 79.9. The molecule has 2 N–H and O–H groups in total. The van der Waals surface area contributed by atoms with E-state index >= 15 is 0 Å². The van der Waals surface area contributed by atoms with Crippen molar-refractivity contribution in [1.29, 1.82) is 0 Å². The van der Waals surface area contributed by atoms with E-state index < -0.39 is 0 Å².